The highest BCUT2D eigenvalue weighted by Crippen LogP contribution is 2.28. The number of anilines is 2. The summed E-state index contributed by atoms with van der Waals surface area (Å²) in [5.41, 5.74) is 9.55. The van der Waals surface area contributed by atoms with Crippen LogP contribution in [0.5, 0.6) is 0 Å². The Labute approximate surface area is 156 Å². The quantitative estimate of drug-likeness (QED) is 0.719. The van der Waals surface area contributed by atoms with Crippen LogP contribution in [-0.2, 0) is 11.3 Å². The van der Waals surface area contributed by atoms with Crippen molar-refractivity contribution in [2.45, 2.75) is 18.9 Å². The average Bonchev–Trinajstić information content (AvgIpc) is 3.34. The van der Waals surface area contributed by atoms with Crippen LogP contribution in [0.15, 0.2) is 36.5 Å². The first-order valence-electron chi connectivity index (χ1n) is 8.81. The number of ether oxygens (including phenoxy) is 1. The van der Waals surface area contributed by atoms with Gasteiger partial charge in [0.15, 0.2) is 0 Å². The zero-order valence-corrected chi connectivity index (χ0v) is 15.0. The van der Waals surface area contributed by atoms with Crippen LogP contribution in [0.1, 0.15) is 23.6 Å². The minimum atomic E-state index is -0.267. The van der Waals surface area contributed by atoms with Crippen molar-refractivity contribution in [2.24, 2.45) is 0 Å². The largest absolute Gasteiger partial charge is 0.381 e. The molecule has 8 heteroatoms. The molecule has 1 fully saturated rings. The van der Waals surface area contributed by atoms with Gasteiger partial charge in [-0.2, -0.15) is 10.1 Å². The lowest BCUT2D eigenvalue weighted by molar-refractivity contribution is 0.193. The molecule has 0 radical (unpaired) electrons. The van der Waals surface area contributed by atoms with E-state index in [1.165, 1.54) is 12.1 Å². The van der Waals surface area contributed by atoms with E-state index >= 15 is 0 Å². The third kappa shape index (κ3) is 3.75. The second-order valence-corrected chi connectivity index (χ2v) is 6.70. The Morgan fingerprint density at radius 3 is 2.85 bits per heavy atom. The first-order chi connectivity index (χ1) is 13.1. The lowest BCUT2D eigenvalue weighted by Gasteiger charge is -2.20. The lowest BCUT2D eigenvalue weighted by Crippen LogP contribution is -2.19. The third-order valence-corrected chi connectivity index (χ3v) is 4.75. The maximum Gasteiger partial charge on any atom is 0.222 e. The van der Waals surface area contributed by atoms with Crippen LogP contribution < -0.4 is 10.6 Å². The molecule has 1 saturated heterocycles. The molecule has 1 aliphatic rings. The standard InChI is InChI=1S/C19H21FN6O/c1-26(17-8-16(23-19(21)24-17)13-6-7-27-11-13)10-14-9-22-25-18(14)12-2-4-15(20)5-3-12/h2-5,8-9,13H,6-7,10-11H2,1H3,(H,22,25)(H2,21,23,24)/t13-/m0/s1. The Hall–Kier alpha value is -3.00. The molecule has 7 nitrogen and oxygen atoms in total. The smallest absolute Gasteiger partial charge is 0.222 e. The molecule has 0 amide bonds. The molecule has 0 bridgehead atoms. The summed E-state index contributed by atoms with van der Waals surface area (Å²) in [5.74, 6) is 0.992. The summed E-state index contributed by atoms with van der Waals surface area (Å²) in [6.45, 7) is 1.98. The summed E-state index contributed by atoms with van der Waals surface area (Å²) in [7, 11) is 1.94. The highest BCUT2D eigenvalue weighted by atomic mass is 19.1. The molecule has 0 spiro atoms. The number of hydrogen-bond acceptors (Lipinski definition) is 6. The fourth-order valence-electron chi connectivity index (χ4n) is 3.28. The van der Waals surface area contributed by atoms with Crippen molar-refractivity contribution in [3.05, 3.63) is 53.6 Å². The number of benzene rings is 1. The number of aromatic nitrogens is 4. The van der Waals surface area contributed by atoms with E-state index in [2.05, 4.69) is 20.2 Å². The molecule has 1 aliphatic heterocycles. The van der Waals surface area contributed by atoms with E-state index in [-0.39, 0.29) is 17.7 Å². The molecule has 1 atom stereocenters. The number of nitrogens with zero attached hydrogens (tertiary/aromatic N) is 4. The summed E-state index contributed by atoms with van der Waals surface area (Å²) in [4.78, 5) is 10.7. The van der Waals surface area contributed by atoms with Crippen LogP contribution in [0.3, 0.4) is 0 Å². The van der Waals surface area contributed by atoms with Crippen molar-refractivity contribution in [2.75, 3.05) is 30.9 Å². The molecule has 2 aromatic heterocycles. The number of halogens is 1. The molecule has 1 aromatic carbocycles. The van der Waals surface area contributed by atoms with Gasteiger partial charge < -0.3 is 15.4 Å². The predicted molar refractivity (Wildman–Crippen MR) is 101 cm³/mol. The zero-order valence-electron chi connectivity index (χ0n) is 15.0. The van der Waals surface area contributed by atoms with E-state index in [1.807, 2.05) is 18.0 Å². The van der Waals surface area contributed by atoms with Crippen LogP contribution in [-0.4, -0.2) is 40.4 Å². The molecule has 3 heterocycles. The monoisotopic (exact) mass is 368 g/mol. The van der Waals surface area contributed by atoms with Gasteiger partial charge in [-0.1, -0.05) is 0 Å². The van der Waals surface area contributed by atoms with E-state index in [0.717, 1.165) is 41.4 Å². The maximum atomic E-state index is 13.2. The molecule has 0 unspecified atom stereocenters. The third-order valence-electron chi connectivity index (χ3n) is 4.75. The van der Waals surface area contributed by atoms with Crippen molar-refractivity contribution in [1.82, 2.24) is 20.2 Å². The fourth-order valence-corrected chi connectivity index (χ4v) is 3.28. The molecule has 3 aromatic rings. The SMILES string of the molecule is CN(Cc1cn[nH]c1-c1ccc(F)cc1)c1cc([C@H]2CCOC2)nc(N)n1. The molecule has 27 heavy (non-hydrogen) atoms. The van der Waals surface area contributed by atoms with E-state index in [9.17, 15) is 4.39 Å². The van der Waals surface area contributed by atoms with Crippen molar-refractivity contribution >= 4 is 11.8 Å². The number of rotatable bonds is 5. The normalized spacial score (nSPS) is 16.6. The van der Waals surface area contributed by atoms with E-state index < -0.39 is 0 Å². The summed E-state index contributed by atoms with van der Waals surface area (Å²) in [6, 6.07) is 8.29. The Morgan fingerprint density at radius 2 is 2.11 bits per heavy atom. The van der Waals surface area contributed by atoms with Gasteiger partial charge in [0, 0.05) is 43.3 Å². The van der Waals surface area contributed by atoms with Gasteiger partial charge >= 0.3 is 0 Å². The fraction of sp³-hybridized carbons (Fsp3) is 0.316. The summed E-state index contributed by atoms with van der Waals surface area (Å²) < 4.78 is 18.7. The Morgan fingerprint density at radius 1 is 1.30 bits per heavy atom. The van der Waals surface area contributed by atoms with Crippen LogP contribution >= 0.6 is 0 Å². The number of nitrogens with two attached hydrogens (primary N) is 1. The van der Waals surface area contributed by atoms with Gasteiger partial charge in [-0.15, -0.1) is 0 Å². The van der Waals surface area contributed by atoms with Gasteiger partial charge in [0.05, 0.1) is 24.2 Å². The van der Waals surface area contributed by atoms with Crippen molar-refractivity contribution in [3.63, 3.8) is 0 Å². The van der Waals surface area contributed by atoms with Crippen LogP contribution in [0.25, 0.3) is 11.3 Å². The van der Waals surface area contributed by atoms with Gasteiger partial charge in [0.1, 0.15) is 11.6 Å². The molecule has 3 N–H and O–H groups in total. The van der Waals surface area contributed by atoms with Gasteiger partial charge in [-0.05, 0) is 30.7 Å². The second kappa shape index (κ2) is 7.32. The van der Waals surface area contributed by atoms with Gasteiger partial charge in [0.25, 0.3) is 0 Å². The molecule has 4 rings (SSSR count). The Kier molecular flexibility index (Phi) is 4.72. The number of hydrogen-bond donors (Lipinski definition) is 2. The van der Waals surface area contributed by atoms with Crippen molar-refractivity contribution < 1.29 is 9.13 Å². The van der Waals surface area contributed by atoms with Crippen molar-refractivity contribution in [3.8, 4) is 11.3 Å². The van der Waals surface area contributed by atoms with Gasteiger partial charge in [0.2, 0.25) is 5.95 Å². The van der Waals surface area contributed by atoms with Crippen LogP contribution in [0, 0.1) is 5.82 Å². The maximum absolute atomic E-state index is 13.2. The second-order valence-electron chi connectivity index (χ2n) is 6.70. The number of aromatic amines is 1. The summed E-state index contributed by atoms with van der Waals surface area (Å²) >= 11 is 0. The number of nitrogen functional groups attached to an aromatic ring is 1. The molecular weight excluding hydrogens is 347 g/mol. The first kappa shape index (κ1) is 17.4. The minimum absolute atomic E-state index is 0.256. The van der Waals surface area contributed by atoms with Crippen molar-refractivity contribution in [1.29, 1.82) is 0 Å². The number of H-pyrrole nitrogens is 1. The lowest BCUT2D eigenvalue weighted by atomic mass is 10.0. The van der Waals surface area contributed by atoms with E-state index in [4.69, 9.17) is 10.5 Å². The predicted octanol–water partition coefficient (Wildman–Crippen LogP) is 2.73. The van der Waals surface area contributed by atoms with Crippen LogP contribution in [0.2, 0.25) is 0 Å². The minimum Gasteiger partial charge on any atom is -0.381 e. The highest BCUT2D eigenvalue weighted by Gasteiger charge is 2.21. The summed E-state index contributed by atoms with van der Waals surface area (Å²) in [5, 5.41) is 7.14. The van der Waals surface area contributed by atoms with Gasteiger partial charge in [-0.3, -0.25) is 5.10 Å². The molecule has 0 aliphatic carbocycles. The zero-order chi connectivity index (χ0) is 18.8. The molecular formula is C19H21FN6O. The summed E-state index contributed by atoms with van der Waals surface area (Å²) in [6.07, 6.45) is 2.71. The number of nitrogens with one attached hydrogen (secondary N) is 1. The van der Waals surface area contributed by atoms with E-state index in [0.29, 0.717) is 13.2 Å². The van der Waals surface area contributed by atoms with Crippen LogP contribution in [0.4, 0.5) is 16.2 Å². The molecule has 0 saturated carbocycles. The Bertz CT molecular complexity index is 920. The average molecular weight is 368 g/mol. The van der Waals surface area contributed by atoms with Gasteiger partial charge in [-0.25, -0.2) is 9.37 Å². The topological polar surface area (TPSA) is 93.0 Å². The van der Waals surface area contributed by atoms with E-state index in [1.54, 1.807) is 18.3 Å². The molecule has 140 valence electrons. The Balaban J connectivity index is 1.57. The highest BCUT2D eigenvalue weighted by molar-refractivity contribution is 5.63. The first-order valence-corrected chi connectivity index (χ1v) is 8.81.